The fourth-order valence-corrected chi connectivity index (χ4v) is 4.73. The van der Waals surface area contributed by atoms with Crippen molar-refractivity contribution in [1.29, 1.82) is 0 Å². The van der Waals surface area contributed by atoms with Crippen LogP contribution in [0.15, 0.2) is 90.1 Å². The Morgan fingerprint density at radius 2 is 1.76 bits per heavy atom. The number of allylic oxidation sites excluding steroid dienone is 1. The molecule has 3 N–H and O–H groups in total. The first-order chi connectivity index (χ1) is 20.5. The van der Waals surface area contributed by atoms with Crippen LogP contribution in [-0.2, 0) is 22.6 Å². The Bertz CT molecular complexity index is 1560. The fourth-order valence-electron chi connectivity index (χ4n) is 4.73. The van der Waals surface area contributed by atoms with Crippen LogP contribution in [0.25, 0.3) is 0 Å². The number of fused-ring (bicyclic) bond motifs is 1. The molecule has 0 saturated carbocycles. The van der Waals surface area contributed by atoms with Crippen LogP contribution in [0.2, 0.25) is 0 Å². The van der Waals surface area contributed by atoms with E-state index in [1.807, 2.05) is 61.5 Å². The lowest BCUT2D eigenvalue weighted by molar-refractivity contribution is -0.113. The van der Waals surface area contributed by atoms with E-state index in [4.69, 9.17) is 14.6 Å². The van der Waals surface area contributed by atoms with Gasteiger partial charge in [-0.1, -0.05) is 42.5 Å². The zero-order chi connectivity index (χ0) is 29.5. The minimum absolute atomic E-state index is 0.0328. The summed E-state index contributed by atoms with van der Waals surface area (Å²) in [6, 6.07) is 23.5. The Kier molecular flexibility index (Phi) is 8.93. The lowest BCUT2D eigenvalue weighted by Gasteiger charge is -2.28. The number of rotatable bonds is 11. The predicted molar refractivity (Wildman–Crippen MR) is 158 cm³/mol. The van der Waals surface area contributed by atoms with Crippen molar-refractivity contribution in [2.24, 2.45) is 0 Å². The van der Waals surface area contributed by atoms with Crippen molar-refractivity contribution in [3.05, 3.63) is 113 Å². The van der Waals surface area contributed by atoms with Gasteiger partial charge in [-0.2, -0.15) is 10.1 Å². The van der Waals surface area contributed by atoms with Gasteiger partial charge in [0.2, 0.25) is 5.95 Å². The molecule has 0 spiro atoms. The van der Waals surface area contributed by atoms with Crippen LogP contribution < -0.4 is 15.4 Å². The first-order valence-electron chi connectivity index (χ1n) is 13.9. The predicted octanol–water partition coefficient (Wildman–Crippen LogP) is 4.89. The van der Waals surface area contributed by atoms with E-state index in [9.17, 15) is 14.7 Å². The number of esters is 1. The molecule has 1 unspecified atom stereocenters. The number of aliphatic hydroxyl groups is 1. The maximum atomic E-state index is 13.8. The summed E-state index contributed by atoms with van der Waals surface area (Å²) in [6.07, 6.45) is 1.04. The molecule has 0 aliphatic carbocycles. The molecule has 10 nitrogen and oxygen atoms in total. The molecule has 1 aliphatic rings. The number of benzene rings is 3. The van der Waals surface area contributed by atoms with Gasteiger partial charge in [-0.05, 0) is 67.8 Å². The van der Waals surface area contributed by atoms with Crippen LogP contribution in [0.1, 0.15) is 53.6 Å². The van der Waals surface area contributed by atoms with Crippen molar-refractivity contribution in [3.63, 3.8) is 0 Å². The minimum Gasteiger partial charge on any atom is -0.489 e. The molecule has 216 valence electrons. The number of ether oxygens (including phenoxy) is 2. The van der Waals surface area contributed by atoms with Gasteiger partial charge in [0.05, 0.1) is 17.7 Å². The van der Waals surface area contributed by atoms with E-state index in [1.54, 1.807) is 35.9 Å². The van der Waals surface area contributed by atoms with Crippen molar-refractivity contribution in [3.8, 4) is 5.75 Å². The highest BCUT2D eigenvalue weighted by molar-refractivity contribution is 6.06. The highest BCUT2D eigenvalue weighted by Crippen LogP contribution is 2.36. The Balaban J connectivity index is 1.42. The lowest BCUT2D eigenvalue weighted by atomic mass is 9.95. The maximum Gasteiger partial charge on any atom is 0.338 e. The van der Waals surface area contributed by atoms with Gasteiger partial charge in [0.25, 0.3) is 5.91 Å². The minimum atomic E-state index is -0.571. The van der Waals surface area contributed by atoms with Gasteiger partial charge in [-0.3, -0.25) is 4.79 Å². The Morgan fingerprint density at radius 3 is 2.45 bits per heavy atom. The summed E-state index contributed by atoms with van der Waals surface area (Å²) in [5.74, 6) is 1.05. The van der Waals surface area contributed by atoms with E-state index in [2.05, 4.69) is 15.6 Å². The topological polar surface area (TPSA) is 128 Å². The van der Waals surface area contributed by atoms with Gasteiger partial charge < -0.3 is 25.2 Å². The van der Waals surface area contributed by atoms with E-state index < -0.39 is 12.0 Å². The number of carbonyl (C=O) groups excluding carboxylic acids is 2. The quantitative estimate of drug-likeness (QED) is 0.219. The van der Waals surface area contributed by atoms with Crippen molar-refractivity contribution >= 4 is 23.5 Å². The second-order valence-electron chi connectivity index (χ2n) is 9.78. The molecule has 2 heterocycles. The molecule has 1 amide bonds. The molecule has 0 fully saturated rings. The number of hydrogen-bond acceptors (Lipinski definition) is 8. The average molecular weight is 568 g/mol. The van der Waals surface area contributed by atoms with Crippen LogP contribution in [0.3, 0.4) is 0 Å². The summed E-state index contributed by atoms with van der Waals surface area (Å²) in [4.78, 5) is 30.4. The molecule has 0 radical (unpaired) electrons. The monoisotopic (exact) mass is 567 g/mol. The average Bonchev–Trinajstić information content (AvgIpc) is 3.41. The number of hydrogen-bond donors (Lipinski definition) is 3. The van der Waals surface area contributed by atoms with E-state index in [-0.39, 0.29) is 19.1 Å². The van der Waals surface area contributed by atoms with Crippen LogP contribution >= 0.6 is 0 Å². The normalized spacial score (nSPS) is 14.1. The summed E-state index contributed by atoms with van der Waals surface area (Å²) in [7, 11) is 0. The number of aromatic nitrogens is 3. The van der Waals surface area contributed by atoms with E-state index in [0.717, 1.165) is 11.1 Å². The van der Waals surface area contributed by atoms with E-state index in [0.29, 0.717) is 59.5 Å². The van der Waals surface area contributed by atoms with Gasteiger partial charge in [0.1, 0.15) is 18.4 Å². The number of amides is 1. The molecule has 1 atom stereocenters. The van der Waals surface area contributed by atoms with Crippen molar-refractivity contribution < 1.29 is 24.2 Å². The molecule has 1 aliphatic heterocycles. The van der Waals surface area contributed by atoms with Gasteiger partial charge >= 0.3 is 5.97 Å². The smallest absolute Gasteiger partial charge is 0.338 e. The first kappa shape index (κ1) is 28.6. The fraction of sp³-hybridized carbons (Fsp3) is 0.250. The second-order valence-corrected chi connectivity index (χ2v) is 9.78. The SMILES string of the molecule is CCOC(=O)c1ccc(NC(=O)C2=C(C)Nc3nc(CCCO)nn3C2c2ccc(OCc3ccccc3)cc2)cc1. The van der Waals surface area contributed by atoms with E-state index >= 15 is 0 Å². The zero-order valence-electron chi connectivity index (χ0n) is 23.5. The van der Waals surface area contributed by atoms with Crippen LogP contribution in [0.4, 0.5) is 11.6 Å². The number of nitrogens with zero attached hydrogens (tertiary/aromatic N) is 3. The summed E-state index contributed by atoms with van der Waals surface area (Å²) in [5, 5.41) is 20.2. The molecular weight excluding hydrogens is 534 g/mol. The summed E-state index contributed by atoms with van der Waals surface area (Å²) in [5.41, 5.74) is 3.93. The molecule has 0 bridgehead atoms. The van der Waals surface area contributed by atoms with Crippen molar-refractivity contribution in [2.75, 3.05) is 23.8 Å². The first-order valence-corrected chi connectivity index (χ1v) is 13.9. The largest absolute Gasteiger partial charge is 0.489 e. The second kappa shape index (κ2) is 13.1. The summed E-state index contributed by atoms with van der Waals surface area (Å²) in [6.45, 7) is 4.33. The Hall–Kier alpha value is -4.96. The molecule has 10 heteroatoms. The van der Waals surface area contributed by atoms with Gasteiger partial charge in [0.15, 0.2) is 5.82 Å². The lowest BCUT2D eigenvalue weighted by Crippen LogP contribution is -2.31. The van der Waals surface area contributed by atoms with Gasteiger partial charge in [-0.25, -0.2) is 9.48 Å². The molecule has 42 heavy (non-hydrogen) atoms. The van der Waals surface area contributed by atoms with Crippen LogP contribution in [0, 0.1) is 0 Å². The third kappa shape index (κ3) is 6.50. The third-order valence-electron chi connectivity index (χ3n) is 6.80. The molecular formula is C32H33N5O5. The van der Waals surface area contributed by atoms with Gasteiger partial charge in [0, 0.05) is 24.4 Å². The highest BCUT2D eigenvalue weighted by Gasteiger charge is 2.34. The van der Waals surface area contributed by atoms with Crippen molar-refractivity contribution in [2.45, 2.75) is 39.3 Å². The molecule has 3 aromatic carbocycles. The summed E-state index contributed by atoms with van der Waals surface area (Å²) < 4.78 is 12.7. The molecule has 5 rings (SSSR count). The molecule has 1 aromatic heterocycles. The number of aliphatic hydroxyl groups excluding tert-OH is 1. The van der Waals surface area contributed by atoms with E-state index in [1.165, 1.54) is 0 Å². The third-order valence-corrected chi connectivity index (χ3v) is 6.80. The Labute approximate surface area is 244 Å². The van der Waals surface area contributed by atoms with Crippen LogP contribution in [0.5, 0.6) is 5.75 Å². The molecule has 0 saturated heterocycles. The Morgan fingerprint density at radius 1 is 1.02 bits per heavy atom. The summed E-state index contributed by atoms with van der Waals surface area (Å²) >= 11 is 0. The zero-order valence-corrected chi connectivity index (χ0v) is 23.5. The van der Waals surface area contributed by atoms with Crippen molar-refractivity contribution in [1.82, 2.24) is 14.8 Å². The number of carbonyl (C=O) groups is 2. The number of nitrogens with one attached hydrogen (secondary N) is 2. The number of aryl methyl sites for hydroxylation is 1. The van der Waals surface area contributed by atoms with Gasteiger partial charge in [-0.15, -0.1) is 0 Å². The number of anilines is 2. The standard InChI is InChI=1S/C32H33N5O5/c1-3-41-31(40)24-11-15-25(16-12-24)34-30(39)28-21(2)33-32-35-27(10-7-19-38)36-37(32)29(28)23-13-17-26(18-14-23)42-20-22-8-5-4-6-9-22/h4-6,8-9,11-18,29,38H,3,7,10,19-20H2,1-2H3,(H,34,39)(H,33,35,36). The van der Waals surface area contributed by atoms with Crippen LogP contribution in [-0.4, -0.2) is 45.0 Å². The highest BCUT2D eigenvalue weighted by atomic mass is 16.5. The maximum absolute atomic E-state index is 13.8. The molecule has 4 aromatic rings.